The quantitative estimate of drug-likeness (QED) is 0.617. The van der Waals surface area contributed by atoms with E-state index < -0.39 is 5.82 Å². The molecule has 1 N–H and O–H groups in total. The smallest absolute Gasteiger partial charge is 0.170 e. The Bertz CT molecular complexity index is 1030. The van der Waals surface area contributed by atoms with Gasteiger partial charge < -0.3 is 5.11 Å². The van der Waals surface area contributed by atoms with Crippen molar-refractivity contribution in [1.82, 2.24) is 0 Å². The summed E-state index contributed by atoms with van der Waals surface area (Å²) in [5.74, 6) is 0.676. The number of fused-ring (bicyclic) bond motifs is 2. The summed E-state index contributed by atoms with van der Waals surface area (Å²) in [6.45, 7) is 2.04. The lowest BCUT2D eigenvalue weighted by atomic mass is 9.59. The fourth-order valence-electron chi connectivity index (χ4n) is 5.96. The zero-order valence-corrected chi connectivity index (χ0v) is 17.2. The van der Waals surface area contributed by atoms with Gasteiger partial charge in [-0.1, -0.05) is 30.7 Å². The van der Waals surface area contributed by atoms with Crippen molar-refractivity contribution >= 4 is 23.0 Å². The highest BCUT2D eigenvalue weighted by Crippen LogP contribution is 2.57. The molecule has 2 atom stereocenters. The van der Waals surface area contributed by atoms with E-state index >= 15 is 0 Å². The molecule has 2 aromatic rings. The lowest BCUT2D eigenvalue weighted by Crippen LogP contribution is -2.41. The highest BCUT2D eigenvalue weighted by molar-refractivity contribution is 6.30. The molecule has 6 rings (SSSR count). The Kier molecular flexibility index (Phi) is 4.54. The molecule has 0 radical (unpaired) electrons. The number of carbonyl (C=O) groups is 1. The number of benzene rings is 2. The largest absolute Gasteiger partial charge is 0.511 e. The topological polar surface area (TPSA) is 37.3 Å². The Labute approximate surface area is 175 Å². The molecular weight excluding hydrogens is 387 g/mol. The second kappa shape index (κ2) is 6.98. The second-order valence-electron chi connectivity index (χ2n) is 8.70. The minimum atomic E-state index is -0.393. The average molecular weight is 411 g/mol. The van der Waals surface area contributed by atoms with Crippen molar-refractivity contribution in [2.45, 2.75) is 39.0 Å². The third-order valence-corrected chi connectivity index (χ3v) is 7.58. The monoisotopic (exact) mass is 410 g/mol. The molecule has 0 aromatic heterocycles. The number of allylic oxidation sites excluding steroid dienone is 2. The number of hydrogen-bond donors (Lipinski definition) is 1. The number of aliphatic hydroxyl groups excluding tert-OH is 1. The Hall–Kier alpha value is -2.13. The molecule has 2 bridgehead atoms. The van der Waals surface area contributed by atoms with Crippen LogP contribution in [0.3, 0.4) is 0 Å². The van der Waals surface area contributed by atoms with Crippen LogP contribution in [0.1, 0.15) is 43.7 Å². The highest BCUT2D eigenvalue weighted by atomic mass is 35.5. The summed E-state index contributed by atoms with van der Waals surface area (Å²) in [5, 5.41) is 11.5. The van der Waals surface area contributed by atoms with E-state index in [4.69, 9.17) is 11.6 Å². The predicted molar refractivity (Wildman–Crippen MR) is 113 cm³/mol. The van der Waals surface area contributed by atoms with Crippen LogP contribution < -0.4 is 0 Å². The first-order valence-electron chi connectivity index (χ1n) is 10.6. The zero-order chi connectivity index (χ0) is 20.3. The van der Waals surface area contributed by atoms with Gasteiger partial charge in [-0.25, -0.2) is 4.39 Å². The van der Waals surface area contributed by atoms with Gasteiger partial charge in [0.15, 0.2) is 5.78 Å². The van der Waals surface area contributed by atoms with Gasteiger partial charge in [0.25, 0.3) is 0 Å². The third-order valence-electron chi connectivity index (χ3n) is 7.34. The predicted octanol–water partition coefficient (Wildman–Crippen LogP) is 6.61. The molecule has 0 aliphatic heterocycles. The molecule has 0 saturated heterocycles. The van der Waals surface area contributed by atoms with E-state index in [9.17, 15) is 14.3 Å². The Balaban J connectivity index is 1.64. The molecule has 4 aliphatic rings. The van der Waals surface area contributed by atoms with E-state index in [1.807, 2.05) is 25.1 Å². The number of rotatable bonds is 3. The van der Waals surface area contributed by atoms with E-state index in [0.29, 0.717) is 33.6 Å². The molecule has 0 amide bonds. The van der Waals surface area contributed by atoms with Gasteiger partial charge in [0.05, 0.1) is 5.57 Å². The van der Waals surface area contributed by atoms with Crippen molar-refractivity contribution in [3.8, 4) is 11.1 Å². The van der Waals surface area contributed by atoms with Crippen molar-refractivity contribution in [1.29, 1.82) is 0 Å². The van der Waals surface area contributed by atoms with Crippen molar-refractivity contribution < 1.29 is 14.3 Å². The molecule has 3 saturated carbocycles. The zero-order valence-electron chi connectivity index (χ0n) is 16.4. The molecule has 2 nitrogen and oxygen atoms in total. The summed E-state index contributed by atoms with van der Waals surface area (Å²) < 4.78 is 14.5. The Morgan fingerprint density at radius 3 is 2.31 bits per heavy atom. The van der Waals surface area contributed by atoms with Crippen molar-refractivity contribution in [2.75, 3.05) is 0 Å². The summed E-state index contributed by atoms with van der Waals surface area (Å²) >= 11 is 5.90. The van der Waals surface area contributed by atoms with Gasteiger partial charge in [-0.3, -0.25) is 4.79 Å². The normalized spacial score (nSPS) is 28.2. The highest BCUT2D eigenvalue weighted by Gasteiger charge is 2.54. The SMILES string of the molecule is CCc1ccc(-c2ccc(Cl)cc2F)cc1C1=C(O)[C@H]2[C@H]3CC[C@H](CC3)[C@H]2C1=O. The van der Waals surface area contributed by atoms with Gasteiger partial charge in [-0.15, -0.1) is 0 Å². The van der Waals surface area contributed by atoms with Crippen molar-refractivity contribution in [3.05, 3.63) is 64.1 Å². The number of Topliss-reactive ketones (excluding diaryl/α,β-unsaturated/α-hetero) is 1. The van der Waals surface area contributed by atoms with Crippen LogP contribution in [0.5, 0.6) is 0 Å². The Morgan fingerprint density at radius 2 is 1.69 bits per heavy atom. The van der Waals surface area contributed by atoms with Gasteiger partial charge >= 0.3 is 0 Å². The van der Waals surface area contributed by atoms with Crippen LogP contribution in [-0.4, -0.2) is 10.9 Å². The van der Waals surface area contributed by atoms with Gasteiger partial charge in [-0.2, -0.15) is 0 Å². The maximum atomic E-state index is 14.5. The number of ketones is 1. The fourth-order valence-corrected chi connectivity index (χ4v) is 6.12. The summed E-state index contributed by atoms with van der Waals surface area (Å²) in [6, 6.07) is 10.3. The fraction of sp³-hybridized carbons (Fsp3) is 0.400. The van der Waals surface area contributed by atoms with Crippen LogP contribution in [0.25, 0.3) is 16.7 Å². The first-order chi connectivity index (χ1) is 14.0. The third kappa shape index (κ3) is 2.85. The average Bonchev–Trinajstić information content (AvgIpc) is 3.01. The lowest BCUT2D eigenvalue weighted by molar-refractivity contribution is -0.123. The standard InChI is InChI=1S/C25H24ClFO2/c1-2-13-3-8-16(18-10-9-17(26)12-20(18)27)11-19(13)23-24(28)21-14-4-5-15(7-6-14)22(21)25(23)29/h3,8-12,14-15,21-22,28H,2,4-7H2,1H3/t14-,15+,21-,22+/m0/s1. The summed E-state index contributed by atoms with van der Waals surface area (Å²) in [7, 11) is 0. The first kappa shape index (κ1) is 18.9. The minimum absolute atomic E-state index is 0.0226. The number of halogens is 2. The van der Waals surface area contributed by atoms with Crippen molar-refractivity contribution in [2.24, 2.45) is 23.7 Å². The molecule has 2 aromatic carbocycles. The van der Waals surface area contributed by atoms with E-state index in [1.54, 1.807) is 12.1 Å². The van der Waals surface area contributed by atoms with E-state index in [1.165, 1.54) is 6.07 Å². The van der Waals surface area contributed by atoms with Crippen LogP contribution in [-0.2, 0) is 11.2 Å². The van der Waals surface area contributed by atoms with Gasteiger partial charge in [0.2, 0.25) is 0 Å². The first-order valence-corrected chi connectivity index (χ1v) is 10.9. The maximum absolute atomic E-state index is 14.5. The lowest BCUT2D eigenvalue weighted by Gasteiger charge is -2.44. The molecule has 29 heavy (non-hydrogen) atoms. The van der Waals surface area contributed by atoms with Crippen LogP contribution in [0.4, 0.5) is 4.39 Å². The summed E-state index contributed by atoms with van der Waals surface area (Å²) in [6.07, 6.45) is 5.13. The number of aliphatic hydroxyl groups is 1. The van der Waals surface area contributed by atoms with E-state index in [2.05, 4.69) is 0 Å². The molecule has 0 spiro atoms. The molecule has 0 unspecified atom stereocenters. The van der Waals surface area contributed by atoms with Crippen LogP contribution in [0, 0.1) is 29.5 Å². The molecular formula is C25H24ClFO2. The van der Waals surface area contributed by atoms with E-state index in [-0.39, 0.29) is 23.4 Å². The van der Waals surface area contributed by atoms with Crippen LogP contribution >= 0.6 is 11.6 Å². The summed E-state index contributed by atoms with van der Waals surface area (Å²) in [5.41, 5.74) is 3.38. The van der Waals surface area contributed by atoms with Crippen LogP contribution in [0.15, 0.2) is 42.2 Å². The van der Waals surface area contributed by atoms with Gasteiger partial charge in [0.1, 0.15) is 11.6 Å². The molecule has 4 heteroatoms. The van der Waals surface area contributed by atoms with Gasteiger partial charge in [0, 0.05) is 22.4 Å². The maximum Gasteiger partial charge on any atom is 0.170 e. The Morgan fingerprint density at radius 1 is 1.00 bits per heavy atom. The number of carbonyl (C=O) groups excluding carboxylic acids is 1. The van der Waals surface area contributed by atoms with E-state index in [0.717, 1.165) is 43.2 Å². The number of hydrogen-bond acceptors (Lipinski definition) is 2. The molecule has 0 heterocycles. The molecule has 4 aliphatic carbocycles. The number of aryl methyl sites for hydroxylation is 1. The van der Waals surface area contributed by atoms with Crippen molar-refractivity contribution in [3.63, 3.8) is 0 Å². The second-order valence-corrected chi connectivity index (χ2v) is 9.14. The van der Waals surface area contributed by atoms with Crippen LogP contribution in [0.2, 0.25) is 5.02 Å². The minimum Gasteiger partial charge on any atom is -0.511 e. The molecule has 3 fully saturated rings. The van der Waals surface area contributed by atoms with Gasteiger partial charge in [-0.05, 0) is 84.9 Å². The molecule has 150 valence electrons. The summed E-state index contributed by atoms with van der Waals surface area (Å²) in [4.78, 5) is 13.5.